The Labute approximate surface area is 108 Å². The lowest BCUT2D eigenvalue weighted by atomic mass is 10.1. The molecular formula is C12H14BrNO3. The van der Waals surface area contributed by atoms with E-state index in [1.807, 2.05) is 0 Å². The van der Waals surface area contributed by atoms with Gasteiger partial charge in [-0.2, -0.15) is 0 Å². The third-order valence-corrected chi connectivity index (χ3v) is 3.43. The summed E-state index contributed by atoms with van der Waals surface area (Å²) < 4.78 is 6.10. The Morgan fingerprint density at radius 1 is 1.41 bits per heavy atom. The maximum Gasteiger partial charge on any atom is 0.163 e. The highest BCUT2D eigenvalue weighted by Crippen LogP contribution is 2.33. The van der Waals surface area contributed by atoms with Gasteiger partial charge in [0.05, 0.1) is 24.5 Å². The summed E-state index contributed by atoms with van der Waals surface area (Å²) >= 11 is 3.44. The van der Waals surface area contributed by atoms with E-state index in [1.165, 1.54) is 6.92 Å². The van der Waals surface area contributed by atoms with Gasteiger partial charge in [-0.15, -0.1) is 0 Å². The first-order valence-electron chi connectivity index (χ1n) is 5.45. The molecule has 1 N–H and O–H groups in total. The van der Waals surface area contributed by atoms with Crippen LogP contribution in [0.1, 0.15) is 17.3 Å². The molecule has 1 heterocycles. The molecule has 5 heteroatoms. The van der Waals surface area contributed by atoms with Crippen molar-refractivity contribution in [1.82, 2.24) is 0 Å². The number of phenols is 1. The van der Waals surface area contributed by atoms with Crippen molar-refractivity contribution in [1.29, 1.82) is 0 Å². The zero-order valence-electron chi connectivity index (χ0n) is 9.57. The predicted molar refractivity (Wildman–Crippen MR) is 68.8 cm³/mol. The molecule has 1 saturated heterocycles. The molecule has 2 rings (SSSR count). The van der Waals surface area contributed by atoms with Gasteiger partial charge in [-0.25, -0.2) is 0 Å². The topological polar surface area (TPSA) is 49.8 Å². The van der Waals surface area contributed by atoms with Gasteiger partial charge in [0.25, 0.3) is 0 Å². The van der Waals surface area contributed by atoms with Gasteiger partial charge in [-0.05, 0) is 28.9 Å². The van der Waals surface area contributed by atoms with Crippen molar-refractivity contribution in [2.75, 3.05) is 31.2 Å². The summed E-state index contributed by atoms with van der Waals surface area (Å²) in [5, 5.41) is 9.82. The third kappa shape index (κ3) is 2.61. The number of halogens is 1. The van der Waals surface area contributed by atoms with E-state index in [-0.39, 0.29) is 11.5 Å². The Balaban J connectivity index is 2.35. The first-order valence-corrected chi connectivity index (χ1v) is 6.25. The van der Waals surface area contributed by atoms with Gasteiger partial charge < -0.3 is 14.7 Å². The molecule has 1 aliphatic heterocycles. The molecule has 1 aliphatic rings. The highest BCUT2D eigenvalue weighted by atomic mass is 79.9. The van der Waals surface area contributed by atoms with Crippen molar-refractivity contribution in [2.24, 2.45) is 0 Å². The maximum absolute atomic E-state index is 11.3. The normalized spacial score (nSPS) is 16.0. The van der Waals surface area contributed by atoms with E-state index in [0.717, 1.165) is 23.2 Å². The van der Waals surface area contributed by atoms with Gasteiger partial charge in [0.2, 0.25) is 0 Å². The van der Waals surface area contributed by atoms with Crippen LogP contribution in [0.2, 0.25) is 0 Å². The fourth-order valence-electron chi connectivity index (χ4n) is 1.88. The molecule has 0 radical (unpaired) electrons. The van der Waals surface area contributed by atoms with Crippen LogP contribution in [0.3, 0.4) is 0 Å². The minimum atomic E-state index is -0.142. The van der Waals surface area contributed by atoms with E-state index in [1.54, 1.807) is 12.1 Å². The number of anilines is 1. The number of hydrogen-bond donors (Lipinski definition) is 1. The fourth-order valence-corrected chi connectivity index (χ4v) is 2.47. The Morgan fingerprint density at radius 2 is 2.06 bits per heavy atom. The molecule has 0 unspecified atom stereocenters. The Hall–Kier alpha value is -1.07. The van der Waals surface area contributed by atoms with Crippen LogP contribution in [0.25, 0.3) is 0 Å². The lowest BCUT2D eigenvalue weighted by Gasteiger charge is -2.30. The molecule has 4 nitrogen and oxygen atoms in total. The van der Waals surface area contributed by atoms with Crippen molar-refractivity contribution < 1.29 is 14.6 Å². The fraction of sp³-hybridized carbons (Fsp3) is 0.417. The summed E-state index contributed by atoms with van der Waals surface area (Å²) in [7, 11) is 0. The number of Topliss-reactive ketones (excluding diaryl/α,β-unsaturated/α-hetero) is 1. The van der Waals surface area contributed by atoms with Crippen LogP contribution in [0, 0.1) is 0 Å². The van der Waals surface area contributed by atoms with Crippen LogP contribution in [0.4, 0.5) is 5.69 Å². The van der Waals surface area contributed by atoms with E-state index in [0.29, 0.717) is 18.8 Å². The summed E-state index contributed by atoms with van der Waals surface area (Å²) in [6, 6.07) is 3.30. The minimum Gasteiger partial charge on any atom is -0.507 e. The molecule has 0 atom stereocenters. The van der Waals surface area contributed by atoms with Crippen molar-refractivity contribution in [3.8, 4) is 5.75 Å². The van der Waals surface area contributed by atoms with Crippen molar-refractivity contribution in [3.05, 3.63) is 22.2 Å². The van der Waals surface area contributed by atoms with E-state index in [4.69, 9.17) is 4.74 Å². The van der Waals surface area contributed by atoms with Crippen LogP contribution in [0.15, 0.2) is 16.6 Å². The van der Waals surface area contributed by atoms with E-state index in [2.05, 4.69) is 20.8 Å². The molecule has 1 aromatic carbocycles. The van der Waals surface area contributed by atoms with Gasteiger partial charge in [0.1, 0.15) is 5.75 Å². The highest BCUT2D eigenvalue weighted by molar-refractivity contribution is 9.10. The van der Waals surface area contributed by atoms with Crippen LogP contribution < -0.4 is 4.90 Å². The smallest absolute Gasteiger partial charge is 0.163 e. The largest absolute Gasteiger partial charge is 0.507 e. The van der Waals surface area contributed by atoms with Crippen LogP contribution in [0.5, 0.6) is 5.75 Å². The SMILES string of the molecule is CC(=O)c1cc(Br)c(N2CCOCC2)cc1O. The van der Waals surface area contributed by atoms with Crippen LogP contribution in [-0.4, -0.2) is 37.2 Å². The van der Waals surface area contributed by atoms with Crippen molar-refractivity contribution >= 4 is 27.4 Å². The van der Waals surface area contributed by atoms with Crippen molar-refractivity contribution in [2.45, 2.75) is 6.92 Å². The van der Waals surface area contributed by atoms with Gasteiger partial charge in [0.15, 0.2) is 5.78 Å². The van der Waals surface area contributed by atoms with Gasteiger partial charge in [0, 0.05) is 23.6 Å². The molecule has 92 valence electrons. The predicted octanol–water partition coefficient (Wildman–Crippen LogP) is 2.19. The Morgan fingerprint density at radius 3 is 2.65 bits per heavy atom. The monoisotopic (exact) mass is 299 g/mol. The number of morpholine rings is 1. The number of carbonyl (C=O) groups is 1. The average Bonchev–Trinajstić information content (AvgIpc) is 2.32. The number of benzene rings is 1. The zero-order chi connectivity index (χ0) is 12.4. The molecule has 0 aromatic heterocycles. The molecule has 17 heavy (non-hydrogen) atoms. The standard InChI is InChI=1S/C12H14BrNO3/c1-8(15)9-6-10(13)11(7-12(9)16)14-2-4-17-5-3-14/h6-7,16H,2-5H2,1H3. The number of phenolic OH excluding ortho intramolecular Hbond substituents is 1. The van der Waals surface area contributed by atoms with Gasteiger partial charge in [-0.3, -0.25) is 4.79 Å². The molecule has 0 aliphatic carbocycles. The zero-order valence-corrected chi connectivity index (χ0v) is 11.2. The Kier molecular flexibility index (Phi) is 3.69. The number of ether oxygens (including phenoxy) is 1. The molecular weight excluding hydrogens is 286 g/mol. The highest BCUT2D eigenvalue weighted by Gasteiger charge is 2.17. The third-order valence-electron chi connectivity index (χ3n) is 2.80. The number of nitrogens with zero attached hydrogens (tertiary/aromatic N) is 1. The summed E-state index contributed by atoms with van der Waals surface area (Å²) in [5.41, 5.74) is 1.24. The molecule has 1 fully saturated rings. The maximum atomic E-state index is 11.3. The number of hydrogen-bond acceptors (Lipinski definition) is 4. The van der Waals surface area contributed by atoms with E-state index >= 15 is 0 Å². The number of ketones is 1. The second kappa shape index (κ2) is 5.06. The summed E-state index contributed by atoms with van der Waals surface area (Å²) in [5.74, 6) is -0.112. The number of carbonyl (C=O) groups excluding carboxylic acids is 1. The van der Waals surface area contributed by atoms with Gasteiger partial charge >= 0.3 is 0 Å². The van der Waals surface area contributed by atoms with Crippen LogP contribution >= 0.6 is 15.9 Å². The Bertz CT molecular complexity index is 442. The lowest BCUT2D eigenvalue weighted by molar-refractivity contribution is 0.101. The molecule has 0 spiro atoms. The summed E-state index contributed by atoms with van der Waals surface area (Å²) in [6.07, 6.45) is 0. The van der Waals surface area contributed by atoms with E-state index in [9.17, 15) is 9.90 Å². The van der Waals surface area contributed by atoms with Crippen molar-refractivity contribution in [3.63, 3.8) is 0 Å². The van der Waals surface area contributed by atoms with E-state index < -0.39 is 0 Å². The van der Waals surface area contributed by atoms with Crippen LogP contribution in [-0.2, 0) is 4.74 Å². The lowest BCUT2D eigenvalue weighted by Crippen LogP contribution is -2.36. The second-order valence-corrected chi connectivity index (χ2v) is 4.83. The number of aromatic hydroxyl groups is 1. The first-order chi connectivity index (χ1) is 8.09. The molecule has 0 bridgehead atoms. The first kappa shape index (κ1) is 12.4. The molecule has 0 amide bonds. The molecule has 0 saturated carbocycles. The quantitative estimate of drug-likeness (QED) is 0.851. The number of rotatable bonds is 2. The summed E-state index contributed by atoms with van der Waals surface area (Å²) in [4.78, 5) is 13.4. The average molecular weight is 300 g/mol. The molecule has 1 aromatic rings. The second-order valence-electron chi connectivity index (χ2n) is 3.98. The minimum absolute atomic E-state index is 0.0298. The summed E-state index contributed by atoms with van der Waals surface area (Å²) in [6.45, 7) is 4.38. The van der Waals surface area contributed by atoms with Gasteiger partial charge in [-0.1, -0.05) is 0 Å².